The topological polar surface area (TPSA) is 45.6 Å². The van der Waals surface area contributed by atoms with E-state index in [0.29, 0.717) is 37.9 Å². The van der Waals surface area contributed by atoms with Crippen LogP contribution in [0.5, 0.6) is 0 Å². The van der Waals surface area contributed by atoms with Crippen LogP contribution in [0.1, 0.15) is 12.5 Å². The molecule has 1 fully saturated rings. The summed E-state index contributed by atoms with van der Waals surface area (Å²) in [5.41, 5.74) is 1.33. The molecule has 2 heterocycles. The number of hydrogen-bond acceptors (Lipinski definition) is 4. The molecule has 2 aromatic rings. The Morgan fingerprint density at radius 3 is 2.62 bits per heavy atom. The van der Waals surface area contributed by atoms with Crippen LogP contribution in [0.25, 0.3) is 6.08 Å². The number of hydrogen-bond donors (Lipinski definition) is 0. The van der Waals surface area contributed by atoms with E-state index in [0.717, 1.165) is 0 Å². The van der Waals surface area contributed by atoms with Gasteiger partial charge >= 0.3 is 0 Å². The highest BCUT2D eigenvalue weighted by Gasteiger charge is 2.32. The lowest BCUT2D eigenvalue weighted by molar-refractivity contribution is -0.122. The first-order chi connectivity index (χ1) is 11.6. The molecule has 1 aliphatic heterocycles. The van der Waals surface area contributed by atoms with E-state index in [4.69, 9.17) is 23.2 Å². The predicted octanol–water partition coefficient (Wildman–Crippen LogP) is 5.01. The second kappa shape index (κ2) is 7.38. The summed E-state index contributed by atoms with van der Waals surface area (Å²) in [4.78, 5) is 23.3. The average Bonchev–Trinajstić information content (AvgIpc) is 2.87. The number of nitrogens with zero attached hydrogens (tertiary/aromatic N) is 3. The Balaban J connectivity index is 1.99. The molecular weight excluding hydrogens is 365 g/mol. The maximum absolute atomic E-state index is 12.6. The van der Waals surface area contributed by atoms with Gasteiger partial charge in [-0.3, -0.25) is 14.7 Å². The van der Waals surface area contributed by atoms with Crippen molar-refractivity contribution in [1.29, 1.82) is 0 Å². The number of pyridine rings is 1. The van der Waals surface area contributed by atoms with Crippen LogP contribution in [0.3, 0.4) is 0 Å². The largest absolute Gasteiger partial charge is 0.287 e. The summed E-state index contributed by atoms with van der Waals surface area (Å²) in [7, 11) is 0. The molecular formula is C17H13Cl2N3OS. The van der Waals surface area contributed by atoms with E-state index in [-0.39, 0.29) is 5.91 Å². The molecule has 0 aliphatic carbocycles. The molecule has 0 saturated carbocycles. The number of likely N-dealkylation sites (N-methyl/N-ethyl adjacent to an activating group) is 1. The summed E-state index contributed by atoms with van der Waals surface area (Å²) in [6, 6.07) is 8.89. The standard InChI is InChI=1S/C17H13Cl2N3OS/c1-2-22-16(23)15(9-12-13(18)6-3-7-14(12)19)24-17(22)21-11-5-4-8-20-10-11/h3-10H,2H2,1H3/b15-9-,21-17?. The molecule has 3 rings (SSSR count). The fraction of sp³-hybridized carbons (Fsp3) is 0.118. The van der Waals surface area contributed by atoms with Gasteiger partial charge in [0.25, 0.3) is 5.91 Å². The quantitative estimate of drug-likeness (QED) is 0.705. The first kappa shape index (κ1) is 17.0. The van der Waals surface area contributed by atoms with Gasteiger partial charge in [-0.2, -0.15) is 0 Å². The third-order valence-electron chi connectivity index (χ3n) is 3.35. The minimum absolute atomic E-state index is 0.110. The Morgan fingerprint density at radius 2 is 2.00 bits per heavy atom. The fourth-order valence-corrected chi connectivity index (χ4v) is 3.73. The second-order valence-corrected chi connectivity index (χ2v) is 6.72. The van der Waals surface area contributed by atoms with Crippen molar-refractivity contribution < 1.29 is 4.79 Å². The average molecular weight is 378 g/mol. The first-order valence-corrected chi connectivity index (χ1v) is 8.81. The van der Waals surface area contributed by atoms with E-state index >= 15 is 0 Å². The van der Waals surface area contributed by atoms with Crippen LogP contribution in [0, 0.1) is 0 Å². The van der Waals surface area contributed by atoms with E-state index in [1.165, 1.54) is 11.8 Å². The highest BCUT2D eigenvalue weighted by atomic mass is 35.5. The molecule has 1 saturated heterocycles. The van der Waals surface area contributed by atoms with Gasteiger partial charge in [0.2, 0.25) is 0 Å². The summed E-state index contributed by atoms with van der Waals surface area (Å²) >= 11 is 13.7. The second-order valence-electron chi connectivity index (χ2n) is 4.90. The van der Waals surface area contributed by atoms with Crippen LogP contribution in [-0.2, 0) is 4.79 Å². The predicted molar refractivity (Wildman–Crippen MR) is 101 cm³/mol. The minimum atomic E-state index is -0.110. The third kappa shape index (κ3) is 3.48. The summed E-state index contributed by atoms with van der Waals surface area (Å²) in [6.07, 6.45) is 5.05. The monoisotopic (exact) mass is 377 g/mol. The van der Waals surface area contributed by atoms with Gasteiger partial charge in [-0.25, -0.2) is 4.99 Å². The van der Waals surface area contributed by atoms with Gasteiger partial charge in [-0.05, 0) is 49.0 Å². The van der Waals surface area contributed by atoms with E-state index in [1.807, 2.05) is 13.0 Å². The summed E-state index contributed by atoms with van der Waals surface area (Å²) in [5.74, 6) is -0.110. The van der Waals surface area contributed by atoms with Gasteiger partial charge in [0.1, 0.15) is 0 Å². The smallest absolute Gasteiger partial charge is 0.266 e. The zero-order valence-electron chi connectivity index (χ0n) is 12.7. The SMILES string of the molecule is CCN1C(=O)/C(=C/c2c(Cl)cccc2Cl)SC1=Nc1cccnc1. The Kier molecular flexibility index (Phi) is 5.23. The zero-order chi connectivity index (χ0) is 17.1. The van der Waals surface area contributed by atoms with Crippen LogP contribution in [-0.4, -0.2) is 27.5 Å². The third-order valence-corrected chi connectivity index (χ3v) is 5.02. The Labute approximate surface area is 154 Å². The molecule has 122 valence electrons. The molecule has 0 spiro atoms. The zero-order valence-corrected chi connectivity index (χ0v) is 15.1. The first-order valence-electron chi connectivity index (χ1n) is 7.24. The van der Waals surface area contributed by atoms with Crippen molar-refractivity contribution in [2.24, 2.45) is 4.99 Å². The van der Waals surface area contributed by atoms with Gasteiger partial charge in [0, 0.05) is 28.4 Å². The highest BCUT2D eigenvalue weighted by molar-refractivity contribution is 8.18. The molecule has 0 N–H and O–H groups in total. The molecule has 4 nitrogen and oxygen atoms in total. The number of aliphatic imine (C=N–C) groups is 1. The molecule has 1 aromatic carbocycles. The number of amides is 1. The highest BCUT2D eigenvalue weighted by Crippen LogP contribution is 2.36. The Morgan fingerprint density at radius 1 is 1.25 bits per heavy atom. The van der Waals surface area contributed by atoms with Crippen LogP contribution in [0.15, 0.2) is 52.6 Å². The van der Waals surface area contributed by atoms with E-state index in [9.17, 15) is 4.79 Å². The number of thioether (sulfide) groups is 1. The van der Waals surface area contributed by atoms with Crippen molar-refractivity contribution in [3.8, 4) is 0 Å². The van der Waals surface area contributed by atoms with Gasteiger partial charge in [-0.15, -0.1) is 0 Å². The van der Waals surface area contributed by atoms with Crippen LogP contribution >= 0.6 is 35.0 Å². The molecule has 0 unspecified atom stereocenters. The lowest BCUT2D eigenvalue weighted by Gasteiger charge is -2.11. The number of rotatable bonds is 3. The van der Waals surface area contributed by atoms with Crippen molar-refractivity contribution in [3.63, 3.8) is 0 Å². The van der Waals surface area contributed by atoms with Crippen molar-refractivity contribution >= 4 is 57.8 Å². The number of carbonyl (C=O) groups is 1. The molecule has 0 atom stereocenters. The number of carbonyl (C=O) groups excluding carboxylic acids is 1. The van der Waals surface area contributed by atoms with Crippen LogP contribution in [0.4, 0.5) is 5.69 Å². The van der Waals surface area contributed by atoms with Gasteiger partial charge in [0.15, 0.2) is 5.17 Å². The summed E-state index contributed by atoms with van der Waals surface area (Å²) in [6.45, 7) is 2.43. The van der Waals surface area contributed by atoms with Crippen LogP contribution in [0.2, 0.25) is 10.0 Å². The van der Waals surface area contributed by atoms with Gasteiger partial charge < -0.3 is 0 Å². The lowest BCUT2D eigenvalue weighted by Crippen LogP contribution is -2.28. The minimum Gasteiger partial charge on any atom is -0.287 e. The maximum Gasteiger partial charge on any atom is 0.266 e. The summed E-state index contributed by atoms with van der Waals surface area (Å²) in [5, 5.41) is 1.62. The van der Waals surface area contributed by atoms with Gasteiger partial charge in [0.05, 0.1) is 16.8 Å². The van der Waals surface area contributed by atoms with Crippen molar-refractivity contribution in [1.82, 2.24) is 9.88 Å². The van der Waals surface area contributed by atoms with Crippen molar-refractivity contribution in [3.05, 3.63) is 63.2 Å². The molecule has 24 heavy (non-hydrogen) atoms. The number of benzene rings is 1. The molecule has 0 bridgehead atoms. The molecule has 1 amide bonds. The van der Waals surface area contributed by atoms with Crippen molar-refractivity contribution in [2.45, 2.75) is 6.92 Å². The van der Waals surface area contributed by atoms with Crippen molar-refractivity contribution in [2.75, 3.05) is 6.54 Å². The molecule has 0 radical (unpaired) electrons. The van der Waals surface area contributed by atoms with Gasteiger partial charge in [-0.1, -0.05) is 29.3 Å². The number of amidine groups is 1. The maximum atomic E-state index is 12.6. The molecule has 1 aromatic heterocycles. The van der Waals surface area contributed by atoms with E-state index in [1.54, 1.807) is 47.6 Å². The lowest BCUT2D eigenvalue weighted by atomic mass is 10.2. The van der Waals surface area contributed by atoms with E-state index < -0.39 is 0 Å². The Bertz CT molecular complexity index is 817. The van der Waals surface area contributed by atoms with E-state index in [2.05, 4.69) is 9.98 Å². The fourth-order valence-electron chi connectivity index (χ4n) is 2.18. The van der Waals surface area contributed by atoms with Crippen LogP contribution < -0.4 is 0 Å². The normalized spacial score (nSPS) is 18.0. The molecule has 7 heteroatoms. The Hall–Kier alpha value is -1.82. The molecule has 1 aliphatic rings. The number of halogens is 2. The summed E-state index contributed by atoms with van der Waals surface area (Å²) < 4.78 is 0. The number of aromatic nitrogens is 1.